The quantitative estimate of drug-likeness (QED) is 0.467. The van der Waals surface area contributed by atoms with E-state index in [1.807, 2.05) is 30.3 Å². The van der Waals surface area contributed by atoms with Crippen LogP contribution in [0.5, 0.6) is 0 Å². The fraction of sp³-hybridized carbons (Fsp3) is 0.600. The molecule has 0 amide bonds. The smallest absolute Gasteiger partial charge is 0.187 e. The van der Waals surface area contributed by atoms with E-state index in [2.05, 4.69) is 0 Å². The molecule has 22 heavy (non-hydrogen) atoms. The minimum atomic E-state index is -1.47. The van der Waals surface area contributed by atoms with E-state index in [0.29, 0.717) is 0 Å². The molecule has 2 rings (SSSR count). The summed E-state index contributed by atoms with van der Waals surface area (Å²) in [5.41, 5.74) is 6.74. The number of nitrogens with two attached hydrogens (primary N) is 1. The molecule has 0 radical (unpaired) electrons. The van der Waals surface area contributed by atoms with Gasteiger partial charge in [0.1, 0.15) is 30.5 Å². The minimum Gasteiger partial charge on any atom is -0.394 e. The molecule has 7 nitrogen and oxygen atoms in total. The van der Waals surface area contributed by atoms with Crippen LogP contribution in [0, 0.1) is 0 Å². The SMILES string of the molecule is CC(N)[C@@H](O[C@@H]1O[C@H](CO)[C@H](O)[C@H](O)[C@H]1O)c1ccccc1. The van der Waals surface area contributed by atoms with E-state index in [9.17, 15) is 20.4 Å². The summed E-state index contributed by atoms with van der Waals surface area (Å²) in [5.74, 6) is 0. The van der Waals surface area contributed by atoms with Crippen LogP contribution in [0.2, 0.25) is 0 Å². The van der Waals surface area contributed by atoms with Gasteiger partial charge < -0.3 is 35.6 Å². The lowest BCUT2D eigenvalue weighted by atomic mass is 9.98. The van der Waals surface area contributed by atoms with E-state index in [-0.39, 0.29) is 0 Å². The molecule has 1 aromatic rings. The number of hydrogen-bond donors (Lipinski definition) is 5. The lowest BCUT2D eigenvalue weighted by Gasteiger charge is -2.41. The zero-order valence-electron chi connectivity index (χ0n) is 12.3. The Morgan fingerprint density at radius 2 is 1.77 bits per heavy atom. The van der Waals surface area contributed by atoms with Crippen molar-refractivity contribution < 1.29 is 29.9 Å². The topological polar surface area (TPSA) is 125 Å². The lowest BCUT2D eigenvalue weighted by molar-refractivity contribution is -0.313. The van der Waals surface area contributed by atoms with Crippen LogP contribution in [0.25, 0.3) is 0 Å². The van der Waals surface area contributed by atoms with Gasteiger partial charge in [-0.1, -0.05) is 30.3 Å². The van der Waals surface area contributed by atoms with Gasteiger partial charge in [0.05, 0.1) is 6.61 Å². The van der Waals surface area contributed by atoms with Crippen LogP contribution < -0.4 is 5.73 Å². The van der Waals surface area contributed by atoms with E-state index in [1.165, 1.54) is 0 Å². The molecule has 0 saturated carbocycles. The predicted octanol–water partition coefficient (Wildman–Crippen LogP) is -1.11. The van der Waals surface area contributed by atoms with Gasteiger partial charge in [0, 0.05) is 6.04 Å². The van der Waals surface area contributed by atoms with Crippen molar-refractivity contribution in [3.63, 3.8) is 0 Å². The summed E-state index contributed by atoms with van der Waals surface area (Å²) < 4.78 is 11.1. The Balaban J connectivity index is 2.15. The van der Waals surface area contributed by atoms with Gasteiger partial charge in [-0.2, -0.15) is 0 Å². The highest BCUT2D eigenvalue weighted by Crippen LogP contribution is 2.28. The van der Waals surface area contributed by atoms with Crippen LogP contribution in [0.3, 0.4) is 0 Å². The van der Waals surface area contributed by atoms with Gasteiger partial charge in [-0.25, -0.2) is 0 Å². The summed E-state index contributed by atoms with van der Waals surface area (Å²) in [6.45, 7) is 1.25. The molecule has 0 aliphatic carbocycles. The minimum absolute atomic E-state index is 0.394. The summed E-state index contributed by atoms with van der Waals surface area (Å²) in [6.07, 6.45) is -7.10. The molecule has 1 aliphatic rings. The van der Waals surface area contributed by atoms with Crippen LogP contribution in [-0.4, -0.2) is 63.8 Å². The Bertz CT molecular complexity index is 455. The maximum Gasteiger partial charge on any atom is 0.187 e. The molecule has 1 saturated heterocycles. The van der Waals surface area contributed by atoms with Crippen LogP contribution in [0.15, 0.2) is 30.3 Å². The monoisotopic (exact) mass is 313 g/mol. The molecule has 0 aromatic heterocycles. The summed E-state index contributed by atoms with van der Waals surface area (Å²) in [5, 5.41) is 38.8. The van der Waals surface area contributed by atoms with Crippen LogP contribution >= 0.6 is 0 Å². The van der Waals surface area contributed by atoms with E-state index in [0.717, 1.165) is 5.56 Å². The van der Waals surface area contributed by atoms with Crippen molar-refractivity contribution in [3.8, 4) is 0 Å². The zero-order valence-corrected chi connectivity index (χ0v) is 12.3. The molecule has 6 N–H and O–H groups in total. The summed E-state index contributed by atoms with van der Waals surface area (Å²) in [4.78, 5) is 0. The van der Waals surface area contributed by atoms with Gasteiger partial charge >= 0.3 is 0 Å². The molecule has 1 unspecified atom stereocenters. The fourth-order valence-electron chi connectivity index (χ4n) is 2.47. The molecule has 7 atom stereocenters. The Morgan fingerprint density at radius 3 is 2.32 bits per heavy atom. The first-order valence-corrected chi connectivity index (χ1v) is 7.22. The standard InChI is InChI=1S/C15H23NO6/c1-8(16)14(9-5-3-2-4-6-9)22-15-13(20)12(19)11(18)10(7-17)21-15/h2-6,8,10-15,17-20H,7,16H2,1H3/t8?,10-,11+,12+,13-,14-,15+/m1/s1. The summed E-state index contributed by atoms with van der Waals surface area (Å²) in [6, 6.07) is 8.80. The van der Waals surface area contributed by atoms with Crippen molar-refractivity contribution in [3.05, 3.63) is 35.9 Å². The second-order valence-electron chi connectivity index (χ2n) is 5.52. The van der Waals surface area contributed by atoms with Gasteiger partial charge in [0.25, 0.3) is 0 Å². The number of aliphatic hydroxyl groups excluding tert-OH is 4. The molecule has 124 valence electrons. The lowest BCUT2D eigenvalue weighted by Crippen LogP contribution is -2.59. The first-order valence-electron chi connectivity index (χ1n) is 7.22. The largest absolute Gasteiger partial charge is 0.394 e. The van der Waals surface area contributed by atoms with Crippen LogP contribution in [0.4, 0.5) is 0 Å². The predicted molar refractivity (Wildman–Crippen MR) is 77.7 cm³/mol. The second kappa shape index (κ2) is 7.47. The van der Waals surface area contributed by atoms with E-state index >= 15 is 0 Å². The second-order valence-corrected chi connectivity index (χ2v) is 5.52. The van der Waals surface area contributed by atoms with Crippen molar-refractivity contribution in [2.45, 2.75) is 49.8 Å². The van der Waals surface area contributed by atoms with Crippen LogP contribution in [-0.2, 0) is 9.47 Å². The number of rotatable bonds is 5. The Morgan fingerprint density at radius 1 is 1.14 bits per heavy atom. The van der Waals surface area contributed by atoms with E-state index < -0.39 is 49.5 Å². The van der Waals surface area contributed by atoms with Crippen molar-refractivity contribution in [1.29, 1.82) is 0 Å². The highest BCUT2D eigenvalue weighted by atomic mass is 16.7. The summed E-state index contributed by atoms with van der Waals surface area (Å²) in [7, 11) is 0. The number of benzene rings is 1. The number of ether oxygens (including phenoxy) is 2. The molecule has 7 heteroatoms. The van der Waals surface area contributed by atoms with Gasteiger partial charge in [0.2, 0.25) is 0 Å². The van der Waals surface area contributed by atoms with Crippen molar-refractivity contribution in [2.75, 3.05) is 6.61 Å². The molecule has 1 fully saturated rings. The molecule has 1 aromatic carbocycles. The highest BCUT2D eigenvalue weighted by Gasteiger charge is 2.45. The van der Waals surface area contributed by atoms with Crippen LogP contribution in [0.1, 0.15) is 18.6 Å². The van der Waals surface area contributed by atoms with Gasteiger partial charge in [-0.15, -0.1) is 0 Å². The maximum atomic E-state index is 10.0. The van der Waals surface area contributed by atoms with Crippen molar-refractivity contribution in [2.24, 2.45) is 5.73 Å². The highest BCUT2D eigenvalue weighted by molar-refractivity contribution is 5.19. The van der Waals surface area contributed by atoms with Crippen molar-refractivity contribution in [1.82, 2.24) is 0 Å². The van der Waals surface area contributed by atoms with Crippen molar-refractivity contribution >= 4 is 0 Å². The van der Waals surface area contributed by atoms with E-state index in [1.54, 1.807) is 6.92 Å². The third-order valence-corrected chi connectivity index (χ3v) is 3.73. The zero-order chi connectivity index (χ0) is 16.3. The average Bonchev–Trinajstić information content (AvgIpc) is 2.52. The Hall–Kier alpha value is -1.06. The normalized spacial score (nSPS) is 35.1. The molecule has 1 aliphatic heterocycles. The molecule has 0 spiro atoms. The number of hydrogen-bond acceptors (Lipinski definition) is 7. The molecule has 1 heterocycles. The first-order chi connectivity index (χ1) is 10.5. The van der Waals surface area contributed by atoms with E-state index in [4.69, 9.17) is 15.2 Å². The van der Waals surface area contributed by atoms with Gasteiger partial charge in [-0.3, -0.25) is 0 Å². The van der Waals surface area contributed by atoms with Gasteiger partial charge in [-0.05, 0) is 12.5 Å². The molecule has 0 bridgehead atoms. The molecular formula is C15H23NO6. The maximum absolute atomic E-state index is 10.0. The fourth-order valence-corrected chi connectivity index (χ4v) is 2.47. The Kier molecular flexibility index (Phi) is 5.87. The summed E-state index contributed by atoms with van der Waals surface area (Å²) >= 11 is 0. The first kappa shape index (κ1) is 17.3. The number of aliphatic hydroxyl groups is 4. The average molecular weight is 313 g/mol. The van der Waals surface area contributed by atoms with Gasteiger partial charge in [0.15, 0.2) is 6.29 Å². The third-order valence-electron chi connectivity index (χ3n) is 3.73. The third kappa shape index (κ3) is 3.64. The molecular weight excluding hydrogens is 290 g/mol. The Labute approximate surface area is 128 Å².